The van der Waals surface area contributed by atoms with Crippen molar-refractivity contribution in [2.24, 2.45) is 11.7 Å². The molecule has 1 aromatic carbocycles. The minimum absolute atomic E-state index is 0. The van der Waals surface area contributed by atoms with Crippen LogP contribution in [0.3, 0.4) is 0 Å². The summed E-state index contributed by atoms with van der Waals surface area (Å²) >= 11 is -0.200. The number of hydrogen-bond acceptors (Lipinski definition) is 3. The Morgan fingerprint density at radius 3 is 2.38 bits per heavy atom. The van der Waals surface area contributed by atoms with Gasteiger partial charge in [-0.3, -0.25) is 4.79 Å². The third-order valence-corrected chi connectivity index (χ3v) is 3.82. The van der Waals surface area contributed by atoms with Crippen molar-refractivity contribution in [3.63, 3.8) is 0 Å². The van der Waals surface area contributed by atoms with Gasteiger partial charge in [-0.25, -0.2) is 0 Å². The molecule has 0 spiro atoms. The summed E-state index contributed by atoms with van der Waals surface area (Å²) in [6, 6.07) is 5.29. The molecule has 8 heteroatoms. The zero-order valence-electron chi connectivity index (χ0n) is 11.0. The Morgan fingerprint density at radius 1 is 1.33 bits per heavy atom. The van der Waals surface area contributed by atoms with Gasteiger partial charge in [0.25, 0.3) is 5.91 Å². The molecule has 3 nitrogen and oxygen atoms in total. The van der Waals surface area contributed by atoms with Gasteiger partial charge in [0.15, 0.2) is 0 Å². The van der Waals surface area contributed by atoms with Gasteiger partial charge in [0.2, 0.25) is 0 Å². The minimum Gasteiger partial charge on any atom is -0.350 e. The van der Waals surface area contributed by atoms with Crippen LogP contribution in [-0.4, -0.2) is 24.0 Å². The molecule has 1 fully saturated rings. The fraction of sp³-hybridized carbons (Fsp3) is 0.462. The molecule has 1 saturated carbocycles. The van der Waals surface area contributed by atoms with Crippen LogP contribution in [0.15, 0.2) is 29.2 Å². The predicted molar refractivity (Wildman–Crippen MR) is 78.6 cm³/mol. The molecule has 1 amide bonds. The van der Waals surface area contributed by atoms with E-state index in [1.54, 1.807) is 0 Å². The molecular formula is C13H16ClF3N2OS. The first-order valence-electron chi connectivity index (χ1n) is 6.25. The molecule has 2 rings (SSSR count). The maximum atomic E-state index is 12.2. The van der Waals surface area contributed by atoms with Gasteiger partial charge in [0, 0.05) is 23.0 Å². The Kier molecular flexibility index (Phi) is 6.37. The minimum atomic E-state index is -4.32. The van der Waals surface area contributed by atoms with Gasteiger partial charge in [0.05, 0.1) is 0 Å². The van der Waals surface area contributed by atoms with E-state index in [1.165, 1.54) is 24.3 Å². The highest BCUT2D eigenvalue weighted by molar-refractivity contribution is 8.00. The van der Waals surface area contributed by atoms with E-state index in [0.717, 1.165) is 12.8 Å². The van der Waals surface area contributed by atoms with Crippen LogP contribution in [0, 0.1) is 5.92 Å². The predicted octanol–water partition coefficient (Wildman–Crippen LogP) is 3.19. The second-order valence-corrected chi connectivity index (χ2v) is 5.92. The van der Waals surface area contributed by atoms with Crippen LogP contribution in [0.4, 0.5) is 13.2 Å². The van der Waals surface area contributed by atoms with Crippen LogP contribution in [0.25, 0.3) is 0 Å². The first kappa shape index (κ1) is 18.1. The number of thioether (sulfide) groups is 1. The summed E-state index contributed by atoms with van der Waals surface area (Å²) in [6.07, 6.45) is 2.20. The molecule has 21 heavy (non-hydrogen) atoms. The van der Waals surface area contributed by atoms with Gasteiger partial charge in [-0.1, -0.05) is 0 Å². The highest BCUT2D eigenvalue weighted by Crippen LogP contribution is 2.36. The molecular weight excluding hydrogens is 325 g/mol. The highest BCUT2D eigenvalue weighted by atomic mass is 35.5. The SMILES string of the molecule is Cl.NC(CNC(=O)c1ccc(SC(F)(F)F)cc1)C1CC1. The Balaban J connectivity index is 0.00000220. The summed E-state index contributed by atoms with van der Waals surface area (Å²) in [4.78, 5) is 11.9. The fourth-order valence-electron chi connectivity index (χ4n) is 1.81. The number of benzene rings is 1. The lowest BCUT2D eigenvalue weighted by molar-refractivity contribution is -0.0328. The molecule has 0 heterocycles. The summed E-state index contributed by atoms with van der Waals surface area (Å²) in [5.74, 6) is 0.172. The summed E-state index contributed by atoms with van der Waals surface area (Å²) in [6.45, 7) is 0.391. The molecule has 3 N–H and O–H groups in total. The molecule has 1 aliphatic rings. The molecule has 118 valence electrons. The largest absolute Gasteiger partial charge is 0.446 e. The zero-order valence-corrected chi connectivity index (χ0v) is 12.7. The molecule has 1 aliphatic carbocycles. The van der Waals surface area contributed by atoms with Crippen molar-refractivity contribution in [1.82, 2.24) is 5.32 Å². The third kappa shape index (κ3) is 6.15. The number of carbonyl (C=O) groups excluding carboxylic acids is 1. The van der Waals surface area contributed by atoms with E-state index in [-0.39, 0.29) is 41.0 Å². The first-order valence-corrected chi connectivity index (χ1v) is 7.06. The van der Waals surface area contributed by atoms with E-state index in [9.17, 15) is 18.0 Å². The van der Waals surface area contributed by atoms with Crippen LogP contribution in [0.1, 0.15) is 23.2 Å². The lowest BCUT2D eigenvalue weighted by atomic mass is 10.2. The van der Waals surface area contributed by atoms with Crippen LogP contribution in [0.2, 0.25) is 0 Å². The van der Waals surface area contributed by atoms with Crippen LogP contribution in [0.5, 0.6) is 0 Å². The molecule has 0 aliphatic heterocycles. The average molecular weight is 341 g/mol. The molecule has 0 saturated heterocycles. The summed E-state index contributed by atoms with van der Waals surface area (Å²) in [7, 11) is 0. The standard InChI is InChI=1S/C13H15F3N2OS.ClH/c14-13(15,16)20-10-5-3-9(4-6-10)12(19)18-7-11(17)8-1-2-8;/h3-6,8,11H,1-2,7,17H2,(H,18,19);1H. The number of nitrogens with two attached hydrogens (primary N) is 1. The zero-order chi connectivity index (χ0) is 14.8. The van der Waals surface area contributed by atoms with E-state index in [4.69, 9.17) is 5.73 Å². The number of rotatable bonds is 5. The Bertz CT molecular complexity index is 477. The van der Waals surface area contributed by atoms with Crippen LogP contribution < -0.4 is 11.1 Å². The number of carbonyl (C=O) groups is 1. The van der Waals surface area contributed by atoms with E-state index in [2.05, 4.69) is 5.32 Å². The molecule has 0 radical (unpaired) electrons. The van der Waals surface area contributed by atoms with Gasteiger partial charge >= 0.3 is 5.51 Å². The molecule has 1 atom stereocenters. The second-order valence-electron chi connectivity index (χ2n) is 4.78. The van der Waals surface area contributed by atoms with Crippen LogP contribution >= 0.6 is 24.2 Å². The van der Waals surface area contributed by atoms with E-state index in [0.29, 0.717) is 18.0 Å². The molecule has 1 aromatic rings. The van der Waals surface area contributed by atoms with Crippen molar-refractivity contribution in [3.05, 3.63) is 29.8 Å². The summed E-state index contributed by atoms with van der Waals surface area (Å²) < 4.78 is 36.5. The highest BCUT2D eigenvalue weighted by Gasteiger charge is 2.29. The van der Waals surface area contributed by atoms with E-state index in [1.807, 2.05) is 0 Å². The maximum absolute atomic E-state index is 12.2. The van der Waals surface area contributed by atoms with Crippen molar-refractivity contribution in [1.29, 1.82) is 0 Å². The lowest BCUT2D eigenvalue weighted by Crippen LogP contribution is -2.38. The number of hydrogen-bond donors (Lipinski definition) is 2. The number of amides is 1. The lowest BCUT2D eigenvalue weighted by Gasteiger charge is -2.12. The van der Waals surface area contributed by atoms with Crippen LogP contribution in [-0.2, 0) is 0 Å². The molecule has 1 unspecified atom stereocenters. The van der Waals surface area contributed by atoms with Crippen molar-refractivity contribution in [2.45, 2.75) is 29.3 Å². The van der Waals surface area contributed by atoms with Gasteiger partial charge < -0.3 is 11.1 Å². The van der Waals surface area contributed by atoms with Gasteiger partial charge in [0.1, 0.15) is 0 Å². The Morgan fingerprint density at radius 2 is 1.90 bits per heavy atom. The van der Waals surface area contributed by atoms with E-state index >= 15 is 0 Å². The van der Waals surface area contributed by atoms with Gasteiger partial charge in [-0.15, -0.1) is 12.4 Å². The Labute approximate surface area is 131 Å². The average Bonchev–Trinajstić information content (AvgIpc) is 3.18. The quantitative estimate of drug-likeness (QED) is 0.809. The number of nitrogens with one attached hydrogen (secondary N) is 1. The topological polar surface area (TPSA) is 55.1 Å². The fourth-order valence-corrected chi connectivity index (χ4v) is 2.35. The first-order chi connectivity index (χ1) is 9.35. The smallest absolute Gasteiger partial charge is 0.350 e. The summed E-state index contributed by atoms with van der Waals surface area (Å²) in [5.41, 5.74) is 1.87. The third-order valence-electron chi connectivity index (χ3n) is 3.08. The normalized spacial score (nSPS) is 16.0. The van der Waals surface area contributed by atoms with Crippen molar-refractivity contribution in [3.8, 4) is 0 Å². The monoisotopic (exact) mass is 340 g/mol. The van der Waals surface area contributed by atoms with Gasteiger partial charge in [-0.05, 0) is 54.8 Å². The Hall–Kier alpha value is -0.920. The van der Waals surface area contributed by atoms with Crippen molar-refractivity contribution >= 4 is 30.1 Å². The summed E-state index contributed by atoms with van der Waals surface area (Å²) in [5, 5.41) is 2.69. The second kappa shape index (κ2) is 7.38. The van der Waals surface area contributed by atoms with Gasteiger partial charge in [-0.2, -0.15) is 13.2 Å². The van der Waals surface area contributed by atoms with Crippen molar-refractivity contribution in [2.75, 3.05) is 6.54 Å². The van der Waals surface area contributed by atoms with Crippen molar-refractivity contribution < 1.29 is 18.0 Å². The maximum Gasteiger partial charge on any atom is 0.446 e. The molecule has 0 bridgehead atoms. The number of alkyl halides is 3. The number of halogens is 4. The van der Waals surface area contributed by atoms with E-state index < -0.39 is 5.51 Å². The molecule has 0 aromatic heterocycles.